The Morgan fingerprint density at radius 3 is 2.37 bits per heavy atom. The Bertz CT molecular complexity index is 957. The SMILES string of the molecule is Cc1cc(Nc2ccc3c(c2)OCO3)nc(Nc2ccc(N(C)C)cc2)n1. The van der Waals surface area contributed by atoms with Crippen LogP contribution in [0, 0.1) is 6.92 Å². The van der Waals surface area contributed by atoms with Gasteiger partial charge in [-0.3, -0.25) is 0 Å². The zero-order valence-electron chi connectivity index (χ0n) is 15.5. The van der Waals surface area contributed by atoms with E-state index in [-0.39, 0.29) is 6.79 Å². The van der Waals surface area contributed by atoms with Gasteiger partial charge in [-0.1, -0.05) is 0 Å². The maximum absolute atomic E-state index is 5.42. The smallest absolute Gasteiger partial charge is 0.231 e. The molecule has 1 aliphatic rings. The van der Waals surface area contributed by atoms with Gasteiger partial charge in [0, 0.05) is 49.0 Å². The Kier molecular flexibility index (Phi) is 4.42. The van der Waals surface area contributed by atoms with E-state index < -0.39 is 0 Å². The number of hydrogen-bond acceptors (Lipinski definition) is 7. The van der Waals surface area contributed by atoms with Crippen molar-refractivity contribution in [2.75, 3.05) is 36.4 Å². The van der Waals surface area contributed by atoms with Gasteiger partial charge in [0.1, 0.15) is 5.82 Å². The third kappa shape index (κ3) is 3.87. The first-order valence-electron chi connectivity index (χ1n) is 8.63. The molecule has 1 aliphatic heterocycles. The highest BCUT2D eigenvalue weighted by molar-refractivity contribution is 5.64. The number of aryl methyl sites for hydroxylation is 1. The Balaban J connectivity index is 1.52. The van der Waals surface area contributed by atoms with Crippen LogP contribution in [0.4, 0.5) is 28.8 Å². The predicted molar refractivity (Wildman–Crippen MR) is 107 cm³/mol. The second kappa shape index (κ2) is 7.03. The fraction of sp³-hybridized carbons (Fsp3) is 0.200. The second-order valence-corrected chi connectivity index (χ2v) is 6.48. The van der Waals surface area contributed by atoms with Crippen molar-refractivity contribution in [2.24, 2.45) is 0 Å². The van der Waals surface area contributed by atoms with Crippen molar-refractivity contribution in [1.29, 1.82) is 0 Å². The summed E-state index contributed by atoms with van der Waals surface area (Å²) in [6, 6.07) is 15.7. The molecule has 0 aliphatic carbocycles. The average molecular weight is 363 g/mol. The number of ether oxygens (including phenoxy) is 2. The van der Waals surface area contributed by atoms with Gasteiger partial charge in [-0.15, -0.1) is 0 Å². The van der Waals surface area contributed by atoms with E-state index in [4.69, 9.17) is 9.47 Å². The van der Waals surface area contributed by atoms with E-state index in [1.165, 1.54) is 0 Å². The molecule has 0 unspecified atom stereocenters. The zero-order valence-corrected chi connectivity index (χ0v) is 15.5. The van der Waals surface area contributed by atoms with Crippen LogP contribution in [0.15, 0.2) is 48.5 Å². The molecule has 0 saturated carbocycles. The van der Waals surface area contributed by atoms with E-state index in [9.17, 15) is 0 Å². The first-order valence-corrected chi connectivity index (χ1v) is 8.63. The van der Waals surface area contributed by atoms with Crippen LogP contribution in [0.3, 0.4) is 0 Å². The molecule has 0 saturated heterocycles. The summed E-state index contributed by atoms with van der Waals surface area (Å²) >= 11 is 0. The molecule has 27 heavy (non-hydrogen) atoms. The van der Waals surface area contributed by atoms with E-state index in [1.807, 2.05) is 69.6 Å². The van der Waals surface area contributed by atoms with Crippen LogP contribution in [0.1, 0.15) is 5.69 Å². The van der Waals surface area contributed by atoms with Crippen molar-refractivity contribution in [3.05, 3.63) is 54.2 Å². The Labute approximate surface area is 158 Å². The molecule has 138 valence electrons. The molecule has 3 aromatic rings. The number of fused-ring (bicyclic) bond motifs is 1. The average Bonchev–Trinajstić information content (AvgIpc) is 3.09. The summed E-state index contributed by atoms with van der Waals surface area (Å²) in [6.07, 6.45) is 0. The number of rotatable bonds is 5. The van der Waals surface area contributed by atoms with Crippen LogP contribution in [0.25, 0.3) is 0 Å². The topological polar surface area (TPSA) is 71.5 Å². The Hall–Kier alpha value is -3.48. The van der Waals surface area contributed by atoms with Gasteiger partial charge in [-0.05, 0) is 43.3 Å². The Morgan fingerprint density at radius 1 is 0.852 bits per heavy atom. The van der Waals surface area contributed by atoms with E-state index in [1.54, 1.807) is 0 Å². The molecule has 0 radical (unpaired) electrons. The van der Waals surface area contributed by atoms with Crippen molar-refractivity contribution in [2.45, 2.75) is 6.92 Å². The summed E-state index contributed by atoms with van der Waals surface area (Å²) in [5, 5.41) is 6.54. The molecule has 0 fully saturated rings. The van der Waals surface area contributed by atoms with Crippen LogP contribution in [-0.2, 0) is 0 Å². The number of aromatic nitrogens is 2. The van der Waals surface area contributed by atoms with E-state index in [0.717, 1.165) is 34.3 Å². The van der Waals surface area contributed by atoms with Gasteiger partial charge in [0.2, 0.25) is 12.7 Å². The summed E-state index contributed by atoms with van der Waals surface area (Å²) in [7, 11) is 4.03. The molecule has 0 amide bonds. The lowest BCUT2D eigenvalue weighted by Gasteiger charge is -2.13. The maximum Gasteiger partial charge on any atom is 0.231 e. The van der Waals surface area contributed by atoms with Crippen molar-refractivity contribution in [1.82, 2.24) is 9.97 Å². The molecule has 7 nitrogen and oxygen atoms in total. The maximum atomic E-state index is 5.42. The van der Waals surface area contributed by atoms with Crippen LogP contribution >= 0.6 is 0 Å². The van der Waals surface area contributed by atoms with Crippen molar-refractivity contribution in [3.8, 4) is 11.5 Å². The van der Waals surface area contributed by atoms with Gasteiger partial charge >= 0.3 is 0 Å². The van der Waals surface area contributed by atoms with E-state index in [0.29, 0.717) is 11.8 Å². The molecule has 0 bridgehead atoms. The summed E-state index contributed by atoms with van der Waals surface area (Å²) in [4.78, 5) is 11.1. The highest BCUT2D eigenvalue weighted by Gasteiger charge is 2.13. The quantitative estimate of drug-likeness (QED) is 0.708. The van der Waals surface area contributed by atoms with Crippen LogP contribution in [-0.4, -0.2) is 30.9 Å². The number of benzene rings is 2. The van der Waals surface area contributed by atoms with Crippen LogP contribution in [0.5, 0.6) is 11.5 Å². The summed E-state index contributed by atoms with van der Waals surface area (Å²) in [5.41, 5.74) is 3.80. The minimum absolute atomic E-state index is 0.256. The van der Waals surface area contributed by atoms with Crippen LogP contribution in [0.2, 0.25) is 0 Å². The standard InChI is InChI=1S/C20H21N5O2/c1-13-10-19(22-15-6-9-17-18(11-15)27-12-26-17)24-20(21-13)23-14-4-7-16(8-5-14)25(2)3/h4-11H,12H2,1-3H3,(H2,21,22,23,24). The molecule has 0 atom stereocenters. The molecule has 4 rings (SSSR count). The van der Waals surface area contributed by atoms with Crippen molar-refractivity contribution in [3.63, 3.8) is 0 Å². The predicted octanol–water partition coefficient (Wildman–Crippen LogP) is 4.07. The Morgan fingerprint density at radius 2 is 1.59 bits per heavy atom. The van der Waals surface area contributed by atoms with Gasteiger partial charge in [0.15, 0.2) is 11.5 Å². The van der Waals surface area contributed by atoms with Gasteiger partial charge in [0.25, 0.3) is 0 Å². The number of hydrogen-bond donors (Lipinski definition) is 2. The number of nitrogens with one attached hydrogen (secondary N) is 2. The molecule has 7 heteroatoms. The lowest BCUT2D eigenvalue weighted by Crippen LogP contribution is -2.08. The molecule has 2 N–H and O–H groups in total. The summed E-state index contributed by atoms with van der Waals surface area (Å²) in [5.74, 6) is 2.72. The summed E-state index contributed by atoms with van der Waals surface area (Å²) in [6.45, 7) is 2.19. The largest absolute Gasteiger partial charge is 0.454 e. The third-order valence-corrected chi connectivity index (χ3v) is 4.14. The molecule has 1 aromatic heterocycles. The van der Waals surface area contributed by atoms with Crippen molar-refractivity contribution < 1.29 is 9.47 Å². The van der Waals surface area contributed by atoms with Gasteiger partial charge in [-0.2, -0.15) is 4.98 Å². The minimum atomic E-state index is 0.256. The zero-order chi connectivity index (χ0) is 18.8. The van der Waals surface area contributed by atoms with Crippen molar-refractivity contribution >= 4 is 28.8 Å². The third-order valence-electron chi connectivity index (χ3n) is 4.14. The van der Waals surface area contributed by atoms with E-state index in [2.05, 4.69) is 25.5 Å². The molecule has 2 aromatic carbocycles. The lowest BCUT2D eigenvalue weighted by molar-refractivity contribution is 0.174. The molecule has 0 spiro atoms. The highest BCUT2D eigenvalue weighted by atomic mass is 16.7. The van der Waals surface area contributed by atoms with Gasteiger partial charge in [-0.25, -0.2) is 4.98 Å². The molecular formula is C20H21N5O2. The van der Waals surface area contributed by atoms with Crippen LogP contribution < -0.4 is 25.0 Å². The monoisotopic (exact) mass is 363 g/mol. The fourth-order valence-electron chi connectivity index (χ4n) is 2.78. The second-order valence-electron chi connectivity index (χ2n) is 6.48. The normalized spacial score (nSPS) is 12.0. The first-order chi connectivity index (χ1) is 13.1. The van der Waals surface area contributed by atoms with Gasteiger partial charge < -0.3 is 25.0 Å². The number of nitrogens with zero attached hydrogens (tertiary/aromatic N) is 3. The van der Waals surface area contributed by atoms with Gasteiger partial charge in [0.05, 0.1) is 0 Å². The van der Waals surface area contributed by atoms with E-state index >= 15 is 0 Å². The minimum Gasteiger partial charge on any atom is -0.454 e. The highest BCUT2D eigenvalue weighted by Crippen LogP contribution is 2.35. The number of anilines is 5. The summed E-state index contributed by atoms with van der Waals surface area (Å²) < 4.78 is 10.8. The molecular weight excluding hydrogens is 342 g/mol. The first kappa shape index (κ1) is 17.0. The molecule has 2 heterocycles. The lowest BCUT2D eigenvalue weighted by atomic mass is 10.2. The fourth-order valence-corrected chi connectivity index (χ4v) is 2.78.